The Bertz CT molecular complexity index is 910. The lowest BCUT2D eigenvalue weighted by Crippen LogP contribution is -2.30. The molecule has 1 atom stereocenters. The summed E-state index contributed by atoms with van der Waals surface area (Å²) in [6, 6.07) is 9.80. The molecule has 0 radical (unpaired) electrons. The molecule has 0 saturated heterocycles. The molecule has 0 aliphatic rings. The van der Waals surface area contributed by atoms with Gasteiger partial charge in [-0.25, -0.2) is 0 Å². The first-order valence-corrected chi connectivity index (χ1v) is 9.12. The predicted molar refractivity (Wildman–Crippen MR) is 100 cm³/mol. The molecule has 1 N–H and O–H groups in total. The molecule has 3 rings (SSSR count). The summed E-state index contributed by atoms with van der Waals surface area (Å²) in [5.74, 6) is -0.0648. The van der Waals surface area contributed by atoms with Gasteiger partial charge in [0.1, 0.15) is 0 Å². The summed E-state index contributed by atoms with van der Waals surface area (Å²) < 4.78 is 1.65. The van der Waals surface area contributed by atoms with Gasteiger partial charge in [0.05, 0.1) is 10.9 Å². The van der Waals surface area contributed by atoms with Crippen LogP contribution in [0.4, 0.5) is 0 Å². The van der Waals surface area contributed by atoms with E-state index in [1.165, 1.54) is 11.8 Å². The van der Waals surface area contributed by atoms with Crippen LogP contribution in [0.5, 0.6) is 0 Å². The topological polar surface area (TPSA) is 85.6 Å². The molecular weight excluding hydrogens is 348 g/mol. The number of benzene rings is 1. The van der Waals surface area contributed by atoms with E-state index in [4.69, 9.17) is 0 Å². The molecule has 0 fully saturated rings. The Balaban J connectivity index is 1.65. The Morgan fingerprint density at radius 3 is 2.92 bits per heavy atom. The first-order chi connectivity index (χ1) is 12.5. The van der Waals surface area contributed by atoms with E-state index in [-0.39, 0.29) is 11.2 Å². The normalized spacial score (nSPS) is 12.0. The lowest BCUT2D eigenvalue weighted by atomic mass is 10.1. The van der Waals surface area contributed by atoms with Crippen LogP contribution in [0, 0.1) is 13.8 Å². The van der Waals surface area contributed by atoms with Gasteiger partial charge < -0.3 is 5.32 Å². The minimum Gasteiger partial charge on any atom is -0.351 e. The van der Waals surface area contributed by atoms with E-state index in [2.05, 4.69) is 25.8 Å². The zero-order valence-corrected chi connectivity index (χ0v) is 15.7. The number of carbonyl (C=O) groups is 1. The number of pyridine rings is 1. The van der Waals surface area contributed by atoms with Gasteiger partial charge in [-0.15, -0.1) is 5.10 Å². The van der Waals surface area contributed by atoms with Gasteiger partial charge >= 0.3 is 0 Å². The van der Waals surface area contributed by atoms with E-state index in [0.29, 0.717) is 11.7 Å². The number of carbonyl (C=O) groups excluding carboxylic acids is 1. The Morgan fingerprint density at radius 2 is 2.15 bits per heavy atom. The van der Waals surface area contributed by atoms with Crippen LogP contribution in [0.15, 0.2) is 47.9 Å². The molecule has 3 aromatic rings. The fourth-order valence-electron chi connectivity index (χ4n) is 2.41. The lowest BCUT2D eigenvalue weighted by molar-refractivity contribution is -0.120. The van der Waals surface area contributed by atoms with E-state index >= 15 is 0 Å². The molecule has 7 nitrogen and oxygen atoms in total. The van der Waals surface area contributed by atoms with Crippen molar-refractivity contribution in [3.63, 3.8) is 0 Å². The molecule has 0 aliphatic heterocycles. The molecule has 0 aliphatic carbocycles. The Kier molecular flexibility index (Phi) is 5.62. The second kappa shape index (κ2) is 8.09. The third kappa shape index (κ3) is 4.26. The Labute approximate surface area is 156 Å². The SMILES string of the molecule is Cc1cccc(-n2nnnc2S[C@@H](C)C(=O)NCc2ccncc2C)c1. The summed E-state index contributed by atoms with van der Waals surface area (Å²) in [5, 5.41) is 15.1. The highest BCUT2D eigenvalue weighted by atomic mass is 32.2. The van der Waals surface area contributed by atoms with Crippen molar-refractivity contribution >= 4 is 17.7 Å². The van der Waals surface area contributed by atoms with Gasteiger partial charge in [0.15, 0.2) is 0 Å². The van der Waals surface area contributed by atoms with E-state index in [9.17, 15) is 4.79 Å². The van der Waals surface area contributed by atoms with Gasteiger partial charge in [-0.05, 0) is 66.1 Å². The highest BCUT2D eigenvalue weighted by Crippen LogP contribution is 2.23. The van der Waals surface area contributed by atoms with Gasteiger partial charge in [-0.3, -0.25) is 9.78 Å². The third-order valence-corrected chi connectivity index (χ3v) is 4.96. The van der Waals surface area contributed by atoms with Crippen molar-refractivity contribution in [2.24, 2.45) is 0 Å². The molecule has 1 amide bonds. The van der Waals surface area contributed by atoms with Crippen molar-refractivity contribution in [2.75, 3.05) is 0 Å². The number of nitrogens with one attached hydrogen (secondary N) is 1. The minimum absolute atomic E-state index is 0.0648. The molecule has 8 heteroatoms. The molecule has 0 unspecified atom stereocenters. The molecule has 0 spiro atoms. The summed E-state index contributed by atoms with van der Waals surface area (Å²) >= 11 is 1.33. The van der Waals surface area contributed by atoms with Crippen molar-refractivity contribution < 1.29 is 4.79 Å². The molecule has 2 heterocycles. The van der Waals surface area contributed by atoms with E-state index in [1.807, 2.05) is 51.1 Å². The summed E-state index contributed by atoms with van der Waals surface area (Å²) in [7, 11) is 0. The average molecular weight is 368 g/mol. The first kappa shape index (κ1) is 18.1. The third-order valence-electron chi connectivity index (χ3n) is 3.93. The van der Waals surface area contributed by atoms with Gasteiger partial charge in [0.2, 0.25) is 11.1 Å². The van der Waals surface area contributed by atoms with Crippen LogP contribution in [0.2, 0.25) is 0 Å². The summed E-state index contributed by atoms with van der Waals surface area (Å²) in [6.45, 7) is 6.30. The van der Waals surface area contributed by atoms with E-state index in [1.54, 1.807) is 17.1 Å². The largest absolute Gasteiger partial charge is 0.351 e. The highest BCUT2D eigenvalue weighted by molar-refractivity contribution is 8.00. The fraction of sp³-hybridized carbons (Fsp3) is 0.278. The Morgan fingerprint density at radius 1 is 1.31 bits per heavy atom. The van der Waals surface area contributed by atoms with Crippen LogP contribution < -0.4 is 5.32 Å². The van der Waals surface area contributed by atoms with Gasteiger partial charge in [0, 0.05) is 18.9 Å². The monoisotopic (exact) mass is 368 g/mol. The smallest absolute Gasteiger partial charge is 0.233 e. The van der Waals surface area contributed by atoms with Crippen molar-refractivity contribution in [3.05, 3.63) is 59.4 Å². The highest BCUT2D eigenvalue weighted by Gasteiger charge is 2.19. The number of aryl methyl sites for hydroxylation is 2. The maximum Gasteiger partial charge on any atom is 0.233 e. The minimum atomic E-state index is -0.327. The molecule has 0 saturated carbocycles. The van der Waals surface area contributed by atoms with Gasteiger partial charge in [-0.1, -0.05) is 23.9 Å². The van der Waals surface area contributed by atoms with Crippen molar-refractivity contribution in [2.45, 2.75) is 37.7 Å². The van der Waals surface area contributed by atoms with Gasteiger partial charge in [-0.2, -0.15) is 4.68 Å². The molecule has 1 aromatic carbocycles. The molecule has 134 valence electrons. The average Bonchev–Trinajstić information content (AvgIpc) is 3.09. The van der Waals surface area contributed by atoms with Gasteiger partial charge in [0.25, 0.3) is 0 Å². The zero-order chi connectivity index (χ0) is 18.5. The van der Waals surface area contributed by atoms with Crippen molar-refractivity contribution in [1.29, 1.82) is 0 Å². The molecular formula is C18H20N6OS. The van der Waals surface area contributed by atoms with Crippen molar-refractivity contribution in [1.82, 2.24) is 30.5 Å². The number of rotatable bonds is 6. The van der Waals surface area contributed by atoms with Crippen LogP contribution in [0.3, 0.4) is 0 Å². The standard InChI is InChI=1S/C18H20N6OS/c1-12-5-4-6-16(9-12)24-18(21-22-23-24)26-14(3)17(25)20-11-15-7-8-19-10-13(15)2/h4-10,14H,11H2,1-3H3,(H,20,25)/t14-/m0/s1. The second-order valence-corrected chi connectivity index (χ2v) is 7.30. The van der Waals surface area contributed by atoms with Crippen LogP contribution in [-0.2, 0) is 11.3 Å². The maximum atomic E-state index is 12.4. The van der Waals surface area contributed by atoms with E-state index in [0.717, 1.165) is 22.4 Å². The lowest BCUT2D eigenvalue weighted by Gasteiger charge is -2.12. The van der Waals surface area contributed by atoms with Crippen LogP contribution in [0.1, 0.15) is 23.6 Å². The number of nitrogens with zero attached hydrogens (tertiary/aromatic N) is 5. The number of hydrogen-bond donors (Lipinski definition) is 1. The maximum absolute atomic E-state index is 12.4. The summed E-state index contributed by atoms with van der Waals surface area (Å²) in [4.78, 5) is 16.5. The van der Waals surface area contributed by atoms with Crippen LogP contribution in [0.25, 0.3) is 5.69 Å². The van der Waals surface area contributed by atoms with E-state index < -0.39 is 0 Å². The molecule has 26 heavy (non-hydrogen) atoms. The number of hydrogen-bond acceptors (Lipinski definition) is 6. The quantitative estimate of drug-likeness (QED) is 0.673. The summed E-state index contributed by atoms with van der Waals surface area (Å²) in [6.07, 6.45) is 3.51. The number of aromatic nitrogens is 5. The number of thioether (sulfide) groups is 1. The Hall–Kier alpha value is -2.74. The zero-order valence-electron chi connectivity index (χ0n) is 14.9. The summed E-state index contributed by atoms with van der Waals surface area (Å²) in [5.41, 5.74) is 4.09. The van der Waals surface area contributed by atoms with Crippen LogP contribution in [-0.4, -0.2) is 36.3 Å². The van der Waals surface area contributed by atoms with Crippen LogP contribution >= 0.6 is 11.8 Å². The number of amides is 1. The number of tetrazole rings is 1. The fourth-order valence-corrected chi connectivity index (χ4v) is 3.24. The first-order valence-electron chi connectivity index (χ1n) is 8.24. The van der Waals surface area contributed by atoms with Crippen molar-refractivity contribution in [3.8, 4) is 5.69 Å². The molecule has 2 aromatic heterocycles. The second-order valence-electron chi connectivity index (χ2n) is 5.99. The molecule has 0 bridgehead atoms. The predicted octanol–water partition coefficient (Wildman–Crippen LogP) is 2.47.